The van der Waals surface area contributed by atoms with Crippen LogP contribution in [0.2, 0.25) is 0 Å². The zero-order valence-corrected chi connectivity index (χ0v) is 48.0. The Morgan fingerprint density at radius 2 is 0.849 bits per heavy atom. The van der Waals surface area contributed by atoms with Crippen LogP contribution in [0.15, 0.2) is 166 Å². The van der Waals surface area contributed by atoms with Gasteiger partial charge in [0.25, 0.3) is 34.4 Å². The fourth-order valence-corrected chi connectivity index (χ4v) is 8.79. The van der Waals surface area contributed by atoms with Crippen LogP contribution in [0.25, 0.3) is 0 Å². The molecule has 1 atom stereocenters. The quantitative estimate of drug-likeness (QED) is 0.0437. The minimum absolute atomic E-state index is 0.0367. The van der Waals surface area contributed by atoms with Gasteiger partial charge in [-0.15, -0.1) is 0 Å². The number of ether oxygens (including phenoxy) is 7. The second-order valence-electron chi connectivity index (χ2n) is 19.4. The van der Waals surface area contributed by atoms with Gasteiger partial charge in [0.1, 0.15) is 31.6 Å². The van der Waals surface area contributed by atoms with Crippen LogP contribution in [0.3, 0.4) is 0 Å². The smallest absolute Gasteiger partial charge is 0.341 e. The van der Waals surface area contributed by atoms with E-state index in [1.807, 2.05) is 42.5 Å². The summed E-state index contributed by atoms with van der Waals surface area (Å²) in [5, 5.41) is 17.7. The Kier molecular flexibility index (Phi) is 24.4. The standard InChI is InChI=1S/C63H69N7O16/c1-80-36-33-67-28-23-49(54(61(67)77)84-40-45-13-7-4-8-14-45)57(73)64-26-31-70(32-27-65-58(74)50-24-29-68(34-37-81-2)62(78)55(50)85-41-46-15-9-5-10-16-46)60(76)52(39-44-19-21-48(22-20-44)83-43-53(71)72)66-59(75)51-25-30-69(35-38-82-3)63(79)56(51)86-42-47-17-11-6-12-18-47/h4-25,28-30,52H,26-27,31-43H2,1-3H3,(H,64,73)(H,65,74)(H,66,75)(H,71,72). The molecule has 7 rings (SSSR count). The Labute approximate surface area is 495 Å². The van der Waals surface area contributed by atoms with Gasteiger partial charge in [-0.1, -0.05) is 103 Å². The zero-order chi connectivity index (χ0) is 61.2. The van der Waals surface area contributed by atoms with E-state index in [0.29, 0.717) is 11.1 Å². The molecule has 3 heterocycles. The Morgan fingerprint density at radius 3 is 1.21 bits per heavy atom. The number of nitrogens with one attached hydrogen (secondary N) is 3. The third-order valence-corrected chi connectivity index (χ3v) is 13.4. The number of hydrogen-bond donors (Lipinski definition) is 4. The van der Waals surface area contributed by atoms with Gasteiger partial charge in [0.2, 0.25) is 5.91 Å². The molecule has 452 valence electrons. The predicted octanol–water partition coefficient (Wildman–Crippen LogP) is 4.34. The molecule has 0 saturated carbocycles. The molecule has 0 radical (unpaired) electrons. The van der Waals surface area contributed by atoms with Crippen LogP contribution in [0, 0.1) is 0 Å². The number of amides is 4. The molecule has 4 amide bonds. The van der Waals surface area contributed by atoms with Crippen molar-refractivity contribution in [3.05, 3.63) is 222 Å². The lowest BCUT2D eigenvalue weighted by Crippen LogP contribution is -2.53. The van der Waals surface area contributed by atoms with Gasteiger partial charge in [-0.2, -0.15) is 0 Å². The topological polar surface area (TPSA) is 276 Å². The van der Waals surface area contributed by atoms with Crippen molar-refractivity contribution < 1.29 is 62.2 Å². The van der Waals surface area contributed by atoms with Crippen LogP contribution in [0.1, 0.15) is 53.3 Å². The number of carboxylic acids is 1. The number of hydrogen-bond acceptors (Lipinski definition) is 15. The molecule has 4 N–H and O–H groups in total. The van der Waals surface area contributed by atoms with Gasteiger partial charge in [-0.25, -0.2) is 4.79 Å². The van der Waals surface area contributed by atoms with Crippen LogP contribution >= 0.6 is 0 Å². The lowest BCUT2D eigenvalue weighted by molar-refractivity contribution is -0.139. The third-order valence-electron chi connectivity index (χ3n) is 13.4. The highest BCUT2D eigenvalue weighted by molar-refractivity contribution is 6.00. The summed E-state index contributed by atoms with van der Waals surface area (Å²) < 4.78 is 43.2. The van der Waals surface area contributed by atoms with Crippen LogP contribution in [-0.4, -0.2) is 133 Å². The van der Waals surface area contributed by atoms with Gasteiger partial charge in [-0.05, 0) is 52.6 Å². The monoisotopic (exact) mass is 1180 g/mol. The summed E-state index contributed by atoms with van der Waals surface area (Å²) in [5.41, 5.74) is 0.486. The number of pyridine rings is 3. The lowest BCUT2D eigenvalue weighted by Gasteiger charge is -2.29. The molecule has 0 aliphatic heterocycles. The van der Waals surface area contributed by atoms with Crippen molar-refractivity contribution in [2.24, 2.45) is 0 Å². The summed E-state index contributed by atoms with van der Waals surface area (Å²) >= 11 is 0. The van der Waals surface area contributed by atoms with Crippen molar-refractivity contribution in [3.8, 4) is 23.0 Å². The van der Waals surface area contributed by atoms with Gasteiger partial charge in [0.15, 0.2) is 23.9 Å². The summed E-state index contributed by atoms with van der Waals surface area (Å²) in [4.78, 5) is 113. The van der Waals surface area contributed by atoms with Crippen LogP contribution in [-0.2, 0) is 69.7 Å². The average molecular weight is 1180 g/mol. The first-order chi connectivity index (χ1) is 41.8. The molecule has 0 bridgehead atoms. The Morgan fingerprint density at radius 1 is 0.477 bits per heavy atom. The number of methoxy groups -OCH3 is 3. The first-order valence-corrected chi connectivity index (χ1v) is 27.5. The van der Waals surface area contributed by atoms with Crippen molar-refractivity contribution in [1.29, 1.82) is 0 Å². The molecule has 23 nitrogen and oxygen atoms in total. The molecule has 0 aliphatic carbocycles. The fraction of sp³-hybridized carbons (Fsp3) is 0.302. The molecule has 3 aromatic heterocycles. The SMILES string of the molecule is COCCn1ccc(C(=O)NCCN(CCNC(=O)c2ccn(CCOC)c(=O)c2OCc2ccccc2)C(=O)C(Cc2ccc(OCC(=O)O)cc2)NC(=O)c2ccn(CCOC)c(=O)c2OCc2ccccc2)c(OCc2ccccc2)c1=O. The molecule has 1 unspecified atom stereocenters. The maximum absolute atomic E-state index is 15.4. The van der Waals surface area contributed by atoms with E-state index in [-0.39, 0.29) is 132 Å². The highest BCUT2D eigenvalue weighted by atomic mass is 16.5. The van der Waals surface area contributed by atoms with E-state index < -0.39 is 58.9 Å². The van der Waals surface area contributed by atoms with E-state index in [1.165, 1.54) is 88.9 Å². The number of rotatable bonds is 34. The summed E-state index contributed by atoms with van der Waals surface area (Å²) in [6, 6.07) is 36.1. The maximum Gasteiger partial charge on any atom is 0.341 e. The highest BCUT2D eigenvalue weighted by Crippen LogP contribution is 2.21. The largest absolute Gasteiger partial charge is 0.482 e. The molecular weight excluding hydrogens is 1110 g/mol. The second kappa shape index (κ2) is 32.9. The molecular formula is C63H69N7O16. The van der Waals surface area contributed by atoms with E-state index >= 15 is 4.79 Å². The summed E-state index contributed by atoms with van der Waals surface area (Å²) in [6.07, 6.45) is 4.12. The summed E-state index contributed by atoms with van der Waals surface area (Å²) in [6.45, 7) is -0.710. The number of carbonyl (C=O) groups excluding carboxylic acids is 4. The Hall–Kier alpha value is -9.84. The van der Waals surface area contributed by atoms with Crippen molar-refractivity contribution in [2.75, 3.05) is 73.9 Å². The maximum atomic E-state index is 15.4. The fourth-order valence-electron chi connectivity index (χ4n) is 8.79. The first kappa shape index (κ1) is 63.7. The van der Waals surface area contributed by atoms with Gasteiger partial charge >= 0.3 is 5.97 Å². The number of nitrogens with zero attached hydrogens (tertiary/aromatic N) is 4. The van der Waals surface area contributed by atoms with E-state index in [4.69, 9.17) is 33.2 Å². The van der Waals surface area contributed by atoms with Gasteiger partial charge in [0.05, 0.1) is 36.5 Å². The number of carboxylic acid groups (broad SMARTS) is 1. The second-order valence-corrected chi connectivity index (χ2v) is 19.4. The molecule has 0 saturated heterocycles. The van der Waals surface area contributed by atoms with Crippen molar-refractivity contribution >= 4 is 29.6 Å². The molecule has 86 heavy (non-hydrogen) atoms. The summed E-state index contributed by atoms with van der Waals surface area (Å²) in [5.74, 6) is -4.73. The zero-order valence-electron chi connectivity index (χ0n) is 48.0. The van der Waals surface area contributed by atoms with Crippen LogP contribution in [0.4, 0.5) is 0 Å². The van der Waals surface area contributed by atoms with E-state index in [2.05, 4.69) is 16.0 Å². The normalized spacial score (nSPS) is 11.2. The minimum Gasteiger partial charge on any atom is -0.482 e. The van der Waals surface area contributed by atoms with Crippen LogP contribution in [0.5, 0.6) is 23.0 Å². The molecule has 0 aliphatic rings. The van der Waals surface area contributed by atoms with Gasteiger partial charge in [-0.3, -0.25) is 33.6 Å². The van der Waals surface area contributed by atoms with E-state index in [0.717, 1.165) is 11.1 Å². The van der Waals surface area contributed by atoms with E-state index in [9.17, 15) is 38.7 Å². The van der Waals surface area contributed by atoms with Crippen molar-refractivity contribution in [1.82, 2.24) is 34.6 Å². The predicted molar refractivity (Wildman–Crippen MR) is 316 cm³/mol. The molecule has 0 spiro atoms. The lowest BCUT2D eigenvalue weighted by atomic mass is 10.0. The van der Waals surface area contributed by atoms with Gasteiger partial charge in [0, 0.05) is 92.2 Å². The summed E-state index contributed by atoms with van der Waals surface area (Å²) in [7, 11) is 4.47. The van der Waals surface area contributed by atoms with Crippen molar-refractivity contribution in [3.63, 3.8) is 0 Å². The third kappa shape index (κ3) is 18.3. The molecule has 4 aromatic carbocycles. The Bertz CT molecular complexity index is 3430. The molecule has 23 heteroatoms. The average Bonchev–Trinajstić information content (AvgIpc) is 2.95. The number of aromatic nitrogens is 3. The minimum atomic E-state index is -1.44. The van der Waals surface area contributed by atoms with Crippen molar-refractivity contribution in [2.45, 2.75) is 51.9 Å². The van der Waals surface area contributed by atoms with Crippen LogP contribution < -0.4 is 51.6 Å². The molecule has 0 fully saturated rings. The Balaban J connectivity index is 1.22. The number of aliphatic carboxylic acids is 1. The first-order valence-electron chi connectivity index (χ1n) is 27.5. The number of benzene rings is 4. The number of carbonyl (C=O) groups is 5. The highest BCUT2D eigenvalue weighted by Gasteiger charge is 2.30. The van der Waals surface area contributed by atoms with E-state index in [1.54, 1.807) is 60.7 Å². The molecule has 7 aromatic rings. The van der Waals surface area contributed by atoms with Gasteiger partial charge < -0.3 is 72.8 Å².